The van der Waals surface area contributed by atoms with Crippen molar-refractivity contribution in [1.82, 2.24) is 19.9 Å². The Morgan fingerprint density at radius 2 is 2.16 bits per heavy atom. The number of fused-ring (bicyclic) bond motifs is 1. The summed E-state index contributed by atoms with van der Waals surface area (Å²) in [6.07, 6.45) is 9.59. The van der Waals surface area contributed by atoms with E-state index in [-0.39, 0.29) is 5.41 Å². The third-order valence-electron chi connectivity index (χ3n) is 4.99. The first-order valence-corrected chi connectivity index (χ1v) is 8.77. The Balaban J connectivity index is 1.46. The van der Waals surface area contributed by atoms with E-state index in [4.69, 9.17) is 4.42 Å². The summed E-state index contributed by atoms with van der Waals surface area (Å²) in [7, 11) is 0. The predicted molar refractivity (Wildman–Crippen MR) is 96.5 cm³/mol. The van der Waals surface area contributed by atoms with Gasteiger partial charge < -0.3 is 9.73 Å². The van der Waals surface area contributed by atoms with Crippen LogP contribution in [0.5, 0.6) is 0 Å². The summed E-state index contributed by atoms with van der Waals surface area (Å²) in [5.41, 5.74) is 2.73. The molecule has 3 aromatic heterocycles. The number of aryl methyl sites for hydroxylation is 1. The van der Waals surface area contributed by atoms with Crippen LogP contribution in [-0.4, -0.2) is 14.5 Å². The maximum absolute atomic E-state index is 5.68. The molecule has 1 atom stereocenters. The summed E-state index contributed by atoms with van der Waals surface area (Å²) in [4.78, 5) is 8.82. The number of pyridine rings is 1. The van der Waals surface area contributed by atoms with E-state index in [0.29, 0.717) is 6.04 Å². The van der Waals surface area contributed by atoms with Crippen molar-refractivity contribution in [2.24, 2.45) is 5.41 Å². The van der Waals surface area contributed by atoms with Crippen LogP contribution >= 0.6 is 0 Å². The van der Waals surface area contributed by atoms with Gasteiger partial charge in [-0.3, -0.25) is 4.57 Å². The maximum Gasteiger partial charge on any atom is 0.137 e. The zero-order valence-electron chi connectivity index (χ0n) is 15.0. The van der Waals surface area contributed by atoms with Gasteiger partial charge in [-0.2, -0.15) is 0 Å². The average molecular weight is 336 g/mol. The van der Waals surface area contributed by atoms with Crippen LogP contribution in [0, 0.1) is 12.3 Å². The van der Waals surface area contributed by atoms with Crippen LogP contribution in [0.3, 0.4) is 0 Å². The number of nitrogens with zero attached hydrogens (tertiary/aromatic N) is 3. The first-order valence-electron chi connectivity index (χ1n) is 8.77. The molecule has 3 heterocycles. The van der Waals surface area contributed by atoms with Crippen molar-refractivity contribution >= 4 is 0 Å². The van der Waals surface area contributed by atoms with Gasteiger partial charge in [-0.05, 0) is 36.5 Å². The number of hydrogen-bond acceptors (Lipinski definition) is 4. The standard InChI is InChI=1S/C20H24N4O/c1-14-21-7-8-24(14)19-5-4-15(13-23-19)12-22-17-10-20(2,3)11-18-16(17)6-9-25-18/h4-9,13,17,22H,10-12H2,1-3H3. The fraction of sp³-hybridized carbons (Fsp3) is 0.400. The highest BCUT2D eigenvalue weighted by molar-refractivity contribution is 5.28. The minimum atomic E-state index is 0.254. The predicted octanol–water partition coefficient (Wildman–Crippen LogP) is 3.97. The molecule has 0 spiro atoms. The molecule has 1 aliphatic rings. The van der Waals surface area contributed by atoms with Gasteiger partial charge in [0, 0.05) is 43.2 Å². The van der Waals surface area contributed by atoms with E-state index in [1.807, 2.05) is 36.2 Å². The van der Waals surface area contributed by atoms with Gasteiger partial charge in [-0.25, -0.2) is 9.97 Å². The van der Waals surface area contributed by atoms with Gasteiger partial charge in [0.2, 0.25) is 0 Å². The second-order valence-electron chi connectivity index (χ2n) is 7.65. The molecule has 3 aromatic rings. The molecule has 0 amide bonds. The van der Waals surface area contributed by atoms with E-state index in [9.17, 15) is 0 Å². The molecule has 1 N–H and O–H groups in total. The summed E-state index contributed by atoms with van der Waals surface area (Å²) in [5, 5.41) is 3.68. The Morgan fingerprint density at radius 3 is 2.88 bits per heavy atom. The van der Waals surface area contributed by atoms with E-state index in [2.05, 4.69) is 41.3 Å². The summed E-state index contributed by atoms with van der Waals surface area (Å²) in [6, 6.07) is 6.59. The van der Waals surface area contributed by atoms with Gasteiger partial charge >= 0.3 is 0 Å². The third kappa shape index (κ3) is 3.24. The number of furan rings is 1. The molecule has 0 aliphatic heterocycles. The molecule has 0 radical (unpaired) electrons. The van der Waals surface area contributed by atoms with Crippen LogP contribution in [0.2, 0.25) is 0 Å². The third-order valence-corrected chi connectivity index (χ3v) is 4.99. The van der Waals surface area contributed by atoms with Crippen LogP contribution in [-0.2, 0) is 13.0 Å². The molecule has 130 valence electrons. The van der Waals surface area contributed by atoms with E-state index in [0.717, 1.165) is 36.8 Å². The van der Waals surface area contributed by atoms with E-state index < -0.39 is 0 Å². The maximum atomic E-state index is 5.68. The fourth-order valence-corrected chi connectivity index (χ4v) is 3.68. The molecular formula is C20H24N4O. The minimum absolute atomic E-state index is 0.254. The largest absolute Gasteiger partial charge is 0.469 e. The zero-order chi connectivity index (χ0) is 17.4. The topological polar surface area (TPSA) is 55.9 Å². The van der Waals surface area contributed by atoms with Crippen LogP contribution < -0.4 is 5.32 Å². The lowest BCUT2D eigenvalue weighted by molar-refractivity contribution is 0.235. The zero-order valence-corrected chi connectivity index (χ0v) is 15.0. The lowest BCUT2D eigenvalue weighted by Gasteiger charge is -2.34. The normalized spacial score (nSPS) is 18.9. The molecule has 0 saturated carbocycles. The molecule has 5 nitrogen and oxygen atoms in total. The molecule has 0 fully saturated rings. The van der Waals surface area contributed by atoms with Gasteiger partial charge in [0.1, 0.15) is 17.4 Å². The monoisotopic (exact) mass is 336 g/mol. The van der Waals surface area contributed by atoms with Crippen LogP contribution in [0.25, 0.3) is 5.82 Å². The van der Waals surface area contributed by atoms with Crippen molar-refractivity contribution in [3.63, 3.8) is 0 Å². The molecule has 1 unspecified atom stereocenters. The van der Waals surface area contributed by atoms with Crippen LogP contribution in [0.15, 0.2) is 47.5 Å². The van der Waals surface area contributed by atoms with Crippen LogP contribution in [0.1, 0.15) is 49.0 Å². The van der Waals surface area contributed by atoms with Crippen molar-refractivity contribution in [2.45, 2.75) is 46.2 Å². The number of nitrogens with one attached hydrogen (secondary N) is 1. The highest BCUT2D eigenvalue weighted by atomic mass is 16.3. The lowest BCUT2D eigenvalue weighted by Crippen LogP contribution is -2.32. The molecular weight excluding hydrogens is 312 g/mol. The van der Waals surface area contributed by atoms with Gasteiger partial charge in [0.25, 0.3) is 0 Å². The molecule has 25 heavy (non-hydrogen) atoms. The number of hydrogen-bond donors (Lipinski definition) is 1. The highest BCUT2D eigenvalue weighted by Crippen LogP contribution is 2.41. The van der Waals surface area contributed by atoms with Gasteiger partial charge in [-0.15, -0.1) is 0 Å². The molecule has 5 heteroatoms. The Bertz CT molecular complexity index is 860. The van der Waals surface area contributed by atoms with Gasteiger partial charge in [0.05, 0.1) is 6.26 Å². The summed E-state index contributed by atoms with van der Waals surface area (Å²) >= 11 is 0. The number of rotatable bonds is 4. The fourth-order valence-electron chi connectivity index (χ4n) is 3.68. The van der Waals surface area contributed by atoms with Gasteiger partial charge in [0.15, 0.2) is 0 Å². The summed E-state index contributed by atoms with van der Waals surface area (Å²) in [5.74, 6) is 2.96. The second kappa shape index (κ2) is 6.15. The Morgan fingerprint density at radius 1 is 1.28 bits per heavy atom. The van der Waals surface area contributed by atoms with Crippen molar-refractivity contribution < 1.29 is 4.42 Å². The van der Waals surface area contributed by atoms with Crippen molar-refractivity contribution in [2.75, 3.05) is 0 Å². The van der Waals surface area contributed by atoms with E-state index >= 15 is 0 Å². The Kier molecular flexibility index (Phi) is 3.96. The van der Waals surface area contributed by atoms with Crippen molar-refractivity contribution in [3.8, 4) is 5.82 Å². The second-order valence-corrected chi connectivity index (χ2v) is 7.65. The molecule has 0 bridgehead atoms. The average Bonchev–Trinajstić information content (AvgIpc) is 3.21. The lowest BCUT2D eigenvalue weighted by atomic mass is 9.75. The summed E-state index contributed by atoms with van der Waals surface area (Å²) < 4.78 is 7.67. The smallest absolute Gasteiger partial charge is 0.137 e. The highest BCUT2D eigenvalue weighted by Gasteiger charge is 2.33. The van der Waals surface area contributed by atoms with Crippen LogP contribution in [0.4, 0.5) is 0 Å². The first kappa shape index (κ1) is 16.1. The van der Waals surface area contributed by atoms with Crippen molar-refractivity contribution in [3.05, 3.63) is 65.8 Å². The first-order chi connectivity index (χ1) is 12.0. The minimum Gasteiger partial charge on any atom is -0.469 e. The molecule has 0 saturated heterocycles. The molecule has 4 rings (SSSR count). The van der Waals surface area contributed by atoms with Gasteiger partial charge in [-0.1, -0.05) is 19.9 Å². The van der Waals surface area contributed by atoms with Crippen molar-refractivity contribution in [1.29, 1.82) is 0 Å². The molecule has 1 aliphatic carbocycles. The number of aromatic nitrogens is 3. The quantitative estimate of drug-likeness (QED) is 0.783. The van der Waals surface area contributed by atoms with E-state index in [1.54, 1.807) is 6.20 Å². The number of imidazole rings is 1. The van der Waals surface area contributed by atoms with E-state index in [1.165, 1.54) is 11.1 Å². The Labute approximate surface area is 148 Å². The molecule has 0 aromatic carbocycles. The SMILES string of the molecule is Cc1nccn1-c1ccc(CNC2CC(C)(C)Cc3occc32)cn1. The Hall–Kier alpha value is -2.40. The summed E-state index contributed by atoms with van der Waals surface area (Å²) in [6.45, 7) is 7.37.